The number of nitro groups is 1. The second-order valence-corrected chi connectivity index (χ2v) is 4.36. The van der Waals surface area contributed by atoms with Gasteiger partial charge in [0, 0.05) is 36.3 Å². The monoisotopic (exact) mass is 292 g/mol. The Morgan fingerprint density at radius 1 is 1.25 bits per heavy atom. The van der Waals surface area contributed by atoms with Gasteiger partial charge in [0.1, 0.15) is 5.75 Å². The highest BCUT2D eigenvalue weighted by atomic mass is 35.5. The molecule has 6 heteroatoms. The van der Waals surface area contributed by atoms with E-state index < -0.39 is 4.92 Å². The molecule has 0 aliphatic heterocycles. The van der Waals surface area contributed by atoms with Crippen LogP contribution in [0.3, 0.4) is 0 Å². The Kier molecular flexibility index (Phi) is 4.90. The van der Waals surface area contributed by atoms with Crippen LogP contribution in [0.15, 0.2) is 42.6 Å². The maximum absolute atomic E-state index is 10.5. The quantitative estimate of drug-likeness (QED) is 0.465. The lowest BCUT2D eigenvalue weighted by Crippen LogP contribution is -2.05. The lowest BCUT2D eigenvalue weighted by Gasteiger charge is -2.08. The zero-order valence-corrected chi connectivity index (χ0v) is 11.4. The first kappa shape index (κ1) is 14.3. The van der Waals surface area contributed by atoms with E-state index in [0.29, 0.717) is 24.7 Å². The highest BCUT2D eigenvalue weighted by molar-refractivity contribution is 6.17. The fourth-order valence-electron chi connectivity index (χ4n) is 1.75. The average molecular weight is 293 g/mol. The molecule has 20 heavy (non-hydrogen) atoms. The number of hydrogen-bond donors (Lipinski definition) is 0. The van der Waals surface area contributed by atoms with E-state index in [1.54, 1.807) is 18.3 Å². The molecule has 0 atom stereocenters. The zero-order valence-electron chi connectivity index (χ0n) is 10.7. The Balaban J connectivity index is 1.91. The summed E-state index contributed by atoms with van der Waals surface area (Å²) in [6.45, 7) is 0.443. The van der Waals surface area contributed by atoms with Crippen LogP contribution in [0.25, 0.3) is 0 Å². The normalized spacial score (nSPS) is 10.2. The SMILES string of the molecule is O=[N+]([O-])c1ccc(OCCc2ncccc2CCl)cc1. The topological polar surface area (TPSA) is 65.3 Å². The van der Waals surface area contributed by atoms with Crippen molar-refractivity contribution >= 4 is 17.3 Å². The molecule has 0 N–H and O–H groups in total. The van der Waals surface area contributed by atoms with Crippen LogP contribution in [0.2, 0.25) is 0 Å². The zero-order chi connectivity index (χ0) is 14.4. The van der Waals surface area contributed by atoms with Gasteiger partial charge in [-0.3, -0.25) is 15.1 Å². The summed E-state index contributed by atoms with van der Waals surface area (Å²) in [5, 5.41) is 10.5. The Morgan fingerprint density at radius 2 is 2.00 bits per heavy atom. The van der Waals surface area contributed by atoms with Crippen LogP contribution < -0.4 is 4.74 Å². The van der Waals surface area contributed by atoms with E-state index in [1.807, 2.05) is 12.1 Å². The first-order chi connectivity index (χ1) is 9.70. The number of benzene rings is 1. The lowest BCUT2D eigenvalue weighted by molar-refractivity contribution is -0.384. The Morgan fingerprint density at radius 3 is 2.65 bits per heavy atom. The van der Waals surface area contributed by atoms with Gasteiger partial charge < -0.3 is 4.74 Å². The van der Waals surface area contributed by atoms with Crippen molar-refractivity contribution in [3.05, 3.63) is 64.0 Å². The first-order valence-electron chi connectivity index (χ1n) is 6.06. The fourth-order valence-corrected chi connectivity index (χ4v) is 1.99. The number of ether oxygens (including phenoxy) is 1. The molecule has 5 nitrogen and oxygen atoms in total. The first-order valence-corrected chi connectivity index (χ1v) is 6.60. The van der Waals surface area contributed by atoms with Gasteiger partial charge in [-0.1, -0.05) is 6.07 Å². The van der Waals surface area contributed by atoms with Gasteiger partial charge >= 0.3 is 0 Å². The summed E-state index contributed by atoms with van der Waals surface area (Å²) in [6.07, 6.45) is 2.36. The molecule has 1 aromatic carbocycles. The van der Waals surface area contributed by atoms with E-state index >= 15 is 0 Å². The van der Waals surface area contributed by atoms with Crippen molar-refractivity contribution in [3.8, 4) is 5.75 Å². The number of rotatable bonds is 6. The Labute approximate surface area is 121 Å². The molecule has 1 heterocycles. The van der Waals surface area contributed by atoms with Crippen LogP contribution in [-0.4, -0.2) is 16.5 Å². The van der Waals surface area contributed by atoms with Gasteiger partial charge in [-0.2, -0.15) is 0 Å². The third kappa shape index (κ3) is 3.68. The van der Waals surface area contributed by atoms with E-state index in [2.05, 4.69) is 4.98 Å². The molecule has 0 fully saturated rings. The van der Waals surface area contributed by atoms with Gasteiger partial charge in [0.25, 0.3) is 5.69 Å². The van der Waals surface area contributed by atoms with E-state index in [9.17, 15) is 10.1 Å². The molecule has 0 spiro atoms. The molecule has 2 aromatic rings. The van der Waals surface area contributed by atoms with E-state index in [4.69, 9.17) is 16.3 Å². The van der Waals surface area contributed by atoms with Gasteiger partial charge in [-0.25, -0.2) is 0 Å². The summed E-state index contributed by atoms with van der Waals surface area (Å²) in [5.74, 6) is 1.01. The second-order valence-electron chi connectivity index (χ2n) is 4.09. The molecular formula is C14H13ClN2O3. The van der Waals surface area contributed by atoms with Gasteiger partial charge in [-0.05, 0) is 23.8 Å². The van der Waals surface area contributed by atoms with Gasteiger partial charge in [-0.15, -0.1) is 11.6 Å². The minimum atomic E-state index is -0.440. The fraction of sp³-hybridized carbons (Fsp3) is 0.214. The molecule has 0 saturated carbocycles. The number of nitro benzene ring substituents is 1. The van der Waals surface area contributed by atoms with E-state index in [1.165, 1.54) is 12.1 Å². The van der Waals surface area contributed by atoms with Crippen LogP contribution in [0.1, 0.15) is 11.3 Å². The molecule has 0 aliphatic carbocycles. The number of alkyl halides is 1. The summed E-state index contributed by atoms with van der Waals surface area (Å²) >= 11 is 5.83. The van der Waals surface area contributed by atoms with Crippen LogP contribution in [-0.2, 0) is 12.3 Å². The summed E-state index contributed by atoms with van der Waals surface area (Å²) in [5.41, 5.74) is 1.94. The van der Waals surface area contributed by atoms with E-state index in [-0.39, 0.29) is 5.69 Å². The number of pyridine rings is 1. The highest BCUT2D eigenvalue weighted by Gasteiger charge is 2.05. The van der Waals surface area contributed by atoms with Gasteiger partial charge in [0.05, 0.1) is 11.5 Å². The molecule has 2 rings (SSSR count). The van der Waals surface area contributed by atoms with Crippen LogP contribution in [0, 0.1) is 10.1 Å². The summed E-state index contributed by atoms with van der Waals surface area (Å²) in [7, 11) is 0. The standard InChI is InChI=1S/C14H13ClN2O3/c15-10-11-2-1-8-16-14(11)7-9-20-13-5-3-12(4-6-13)17(18)19/h1-6,8H,7,9-10H2. The number of aromatic nitrogens is 1. The molecule has 0 radical (unpaired) electrons. The van der Waals surface area contributed by atoms with Crippen molar-refractivity contribution in [3.63, 3.8) is 0 Å². The molecular weight excluding hydrogens is 280 g/mol. The van der Waals surface area contributed by atoms with Crippen molar-refractivity contribution in [1.29, 1.82) is 0 Å². The Bertz CT molecular complexity index is 587. The second kappa shape index (κ2) is 6.86. The van der Waals surface area contributed by atoms with Crippen molar-refractivity contribution in [1.82, 2.24) is 4.98 Å². The molecule has 0 aliphatic rings. The molecule has 104 valence electrons. The van der Waals surface area contributed by atoms with Crippen LogP contribution in [0.5, 0.6) is 5.75 Å². The maximum atomic E-state index is 10.5. The van der Waals surface area contributed by atoms with Crippen LogP contribution >= 0.6 is 11.6 Å². The summed E-state index contributed by atoms with van der Waals surface area (Å²) in [6, 6.07) is 9.78. The van der Waals surface area contributed by atoms with Gasteiger partial charge in [0.15, 0.2) is 0 Å². The maximum Gasteiger partial charge on any atom is 0.269 e. The predicted molar refractivity (Wildman–Crippen MR) is 76.1 cm³/mol. The van der Waals surface area contributed by atoms with Crippen molar-refractivity contribution in [2.45, 2.75) is 12.3 Å². The van der Waals surface area contributed by atoms with Crippen molar-refractivity contribution < 1.29 is 9.66 Å². The third-order valence-electron chi connectivity index (χ3n) is 2.78. The number of non-ortho nitro benzene ring substituents is 1. The lowest BCUT2D eigenvalue weighted by atomic mass is 10.2. The molecule has 1 aromatic heterocycles. The van der Waals surface area contributed by atoms with Crippen molar-refractivity contribution in [2.24, 2.45) is 0 Å². The minimum absolute atomic E-state index is 0.0477. The molecule has 0 saturated heterocycles. The predicted octanol–water partition coefficient (Wildman–Crippen LogP) is 3.35. The summed E-state index contributed by atoms with van der Waals surface area (Å²) < 4.78 is 5.54. The average Bonchev–Trinajstić information content (AvgIpc) is 2.48. The Hall–Kier alpha value is -2.14. The van der Waals surface area contributed by atoms with Gasteiger partial charge in [0.2, 0.25) is 0 Å². The molecule has 0 bridgehead atoms. The smallest absolute Gasteiger partial charge is 0.269 e. The molecule has 0 amide bonds. The van der Waals surface area contributed by atoms with E-state index in [0.717, 1.165) is 11.3 Å². The van der Waals surface area contributed by atoms with Crippen LogP contribution in [0.4, 0.5) is 5.69 Å². The van der Waals surface area contributed by atoms with Crippen molar-refractivity contribution in [2.75, 3.05) is 6.61 Å². The molecule has 0 unspecified atom stereocenters. The number of nitrogens with zero attached hydrogens (tertiary/aromatic N) is 2. The third-order valence-corrected chi connectivity index (χ3v) is 3.07. The largest absolute Gasteiger partial charge is 0.493 e. The minimum Gasteiger partial charge on any atom is -0.493 e. The number of halogens is 1. The number of hydrogen-bond acceptors (Lipinski definition) is 4. The summed E-state index contributed by atoms with van der Waals surface area (Å²) in [4.78, 5) is 14.3. The highest BCUT2D eigenvalue weighted by Crippen LogP contribution is 2.17.